The minimum Gasteiger partial charge on any atom is -0.467 e. The zero-order chi connectivity index (χ0) is 16.7. The molecule has 0 saturated heterocycles. The molecule has 22 heavy (non-hydrogen) atoms. The summed E-state index contributed by atoms with van der Waals surface area (Å²) in [5.41, 5.74) is 5.98. The summed E-state index contributed by atoms with van der Waals surface area (Å²) in [7, 11) is 1.27. The molecule has 1 aliphatic rings. The average molecular weight is 314 g/mol. The van der Waals surface area contributed by atoms with Gasteiger partial charge in [0.05, 0.1) is 7.11 Å². The molecule has 0 bridgehead atoms. The van der Waals surface area contributed by atoms with Crippen LogP contribution >= 0.6 is 0 Å². The normalized spacial score (nSPS) is 20.3. The fourth-order valence-electron chi connectivity index (χ4n) is 2.99. The zero-order valence-electron chi connectivity index (χ0n) is 13.9. The molecular weight excluding hydrogens is 284 g/mol. The molecule has 1 fully saturated rings. The second-order valence-corrected chi connectivity index (χ2v) is 6.60. The number of nitrogens with two attached hydrogens (primary N) is 1. The van der Waals surface area contributed by atoms with Crippen LogP contribution in [0.25, 0.3) is 0 Å². The highest BCUT2D eigenvalue weighted by Crippen LogP contribution is 2.27. The van der Waals surface area contributed by atoms with Gasteiger partial charge in [-0.05, 0) is 18.3 Å². The van der Waals surface area contributed by atoms with Gasteiger partial charge >= 0.3 is 5.97 Å². The first-order chi connectivity index (χ1) is 10.4. The predicted molar refractivity (Wildman–Crippen MR) is 84.0 cm³/mol. The molecular formula is C16H30N2O4. The quantitative estimate of drug-likeness (QED) is 0.608. The summed E-state index contributed by atoms with van der Waals surface area (Å²) in [6, 6.07) is -1.37. The summed E-state index contributed by atoms with van der Waals surface area (Å²) in [5.74, 6) is -0.769. The number of aliphatic hydroxyl groups is 1. The first-order valence-electron chi connectivity index (χ1n) is 8.18. The molecule has 0 radical (unpaired) electrons. The van der Waals surface area contributed by atoms with Crippen molar-refractivity contribution in [3.05, 3.63) is 0 Å². The van der Waals surface area contributed by atoms with Gasteiger partial charge in [0.2, 0.25) is 0 Å². The third kappa shape index (κ3) is 5.57. The predicted octanol–water partition coefficient (Wildman–Crippen LogP) is 0.959. The third-order valence-electron chi connectivity index (χ3n) is 4.42. The van der Waals surface area contributed by atoms with Gasteiger partial charge in [-0.3, -0.25) is 4.79 Å². The van der Waals surface area contributed by atoms with Crippen LogP contribution in [0.2, 0.25) is 0 Å². The fourth-order valence-corrected chi connectivity index (χ4v) is 2.99. The number of aliphatic hydroxyl groups excluding tert-OH is 1. The van der Waals surface area contributed by atoms with Gasteiger partial charge < -0.3 is 20.9 Å². The van der Waals surface area contributed by atoms with Gasteiger partial charge in [0, 0.05) is 6.04 Å². The first kappa shape index (κ1) is 18.9. The standard InChI is InChI=1S/C16H30N2O4/c1-10(2)13(16(21)22-3)18-15(20)14(19)12(17)9-11-7-5-4-6-8-11/h10-14,19H,4-9,17H2,1-3H3,(H,18,20)/t12-,13+,14+/m1/s1. The number of amides is 1. The summed E-state index contributed by atoms with van der Waals surface area (Å²) in [4.78, 5) is 23.8. The Morgan fingerprint density at radius 1 is 1.27 bits per heavy atom. The smallest absolute Gasteiger partial charge is 0.328 e. The zero-order valence-corrected chi connectivity index (χ0v) is 13.9. The van der Waals surface area contributed by atoms with E-state index in [0.717, 1.165) is 12.8 Å². The summed E-state index contributed by atoms with van der Waals surface area (Å²) in [6.07, 6.45) is 5.20. The topological polar surface area (TPSA) is 102 Å². The molecule has 1 aliphatic carbocycles. The molecule has 0 aromatic rings. The third-order valence-corrected chi connectivity index (χ3v) is 4.42. The Labute approximate surface area is 132 Å². The van der Waals surface area contributed by atoms with Crippen LogP contribution in [0.3, 0.4) is 0 Å². The molecule has 0 spiro atoms. The molecule has 0 unspecified atom stereocenters. The second-order valence-electron chi connectivity index (χ2n) is 6.60. The number of carbonyl (C=O) groups is 2. The Bertz CT molecular complexity index is 367. The van der Waals surface area contributed by atoms with Gasteiger partial charge in [0.15, 0.2) is 0 Å². The summed E-state index contributed by atoms with van der Waals surface area (Å²) >= 11 is 0. The van der Waals surface area contributed by atoms with Gasteiger partial charge in [-0.25, -0.2) is 4.79 Å². The molecule has 0 aromatic heterocycles. The SMILES string of the molecule is COC(=O)[C@@H](NC(=O)[C@@H](O)[C@H](N)CC1CCCCC1)C(C)C. The van der Waals surface area contributed by atoms with Crippen molar-refractivity contribution < 1.29 is 19.4 Å². The van der Waals surface area contributed by atoms with Crippen LogP contribution < -0.4 is 11.1 Å². The largest absolute Gasteiger partial charge is 0.467 e. The van der Waals surface area contributed by atoms with Crippen molar-refractivity contribution in [1.82, 2.24) is 5.32 Å². The Morgan fingerprint density at radius 3 is 2.36 bits per heavy atom. The van der Waals surface area contributed by atoms with Gasteiger partial charge in [-0.2, -0.15) is 0 Å². The van der Waals surface area contributed by atoms with Gasteiger partial charge in [-0.15, -0.1) is 0 Å². The van der Waals surface area contributed by atoms with Crippen molar-refractivity contribution in [3.63, 3.8) is 0 Å². The lowest BCUT2D eigenvalue weighted by Crippen LogP contribution is -2.53. The van der Waals surface area contributed by atoms with Crippen molar-refractivity contribution in [1.29, 1.82) is 0 Å². The van der Waals surface area contributed by atoms with Gasteiger partial charge in [0.1, 0.15) is 12.1 Å². The number of esters is 1. The maximum Gasteiger partial charge on any atom is 0.328 e. The van der Waals surface area contributed by atoms with Crippen LogP contribution in [-0.4, -0.2) is 42.3 Å². The number of nitrogens with one attached hydrogen (secondary N) is 1. The number of methoxy groups -OCH3 is 1. The fraction of sp³-hybridized carbons (Fsp3) is 0.875. The lowest BCUT2D eigenvalue weighted by atomic mass is 9.84. The molecule has 4 N–H and O–H groups in total. The second kappa shape index (κ2) is 9.10. The van der Waals surface area contributed by atoms with Crippen molar-refractivity contribution in [2.45, 2.75) is 70.6 Å². The summed E-state index contributed by atoms with van der Waals surface area (Å²) in [5, 5.41) is 12.7. The highest BCUT2D eigenvalue weighted by atomic mass is 16.5. The number of carbonyl (C=O) groups excluding carboxylic acids is 2. The van der Waals surface area contributed by atoms with Crippen LogP contribution in [0.4, 0.5) is 0 Å². The number of rotatable bonds is 7. The highest BCUT2D eigenvalue weighted by molar-refractivity contribution is 5.87. The van der Waals surface area contributed by atoms with Crippen LogP contribution in [0.15, 0.2) is 0 Å². The van der Waals surface area contributed by atoms with Crippen LogP contribution in [0.5, 0.6) is 0 Å². The van der Waals surface area contributed by atoms with Crippen molar-refractivity contribution in [2.24, 2.45) is 17.6 Å². The van der Waals surface area contributed by atoms with E-state index in [2.05, 4.69) is 10.1 Å². The van der Waals surface area contributed by atoms with Gasteiger partial charge in [0.25, 0.3) is 5.91 Å². The maximum atomic E-state index is 12.1. The van der Waals surface area contributed by atoms with Crippen LogP contribution in [-0.2, 0) is 14.3 Å². The van der Waals surface area contributed by atoms with Crippen molar-refractivity contribution >= 4 is 11.9 Å². The molecule has 128 valence electrons. The molecule has 0 heterocycles. The van der Waals surface area contributed by atoms with E-state index in [4.69, 9.17) is 5.73 Å². The van der Waals surface area contributed by atoms with Crippen molar-refractivity contribution in [3.8, 4) is 0 Å². The molecule has 6 nitrogen and oxygen atoms in total. The molecule has 1 amide bonds. The number of hydrogen-bond donors (Lipinski definition) is 3. The van der Waals surface area contributed by atoms with Crippen molar-refractivity contribution in [2.75, 3.05) is 7.11 Å². The monoisotopic (exact) mass is 314 g/mol. The Kier molecular flexibility index (Phi) is 7.82. The molecule has 6 heteroatoms. The average Bonchev–Trinajstić information content (AvgIpc) is 2.51. The Hall–Kier alpha value is -1.14. The molecule has 1 rings (SSSR count). The van der Waals surface area contributed by atoms with Crippen LogP contribution in [0.1, 0.15) is 52.4 Å². The van der Waals surface area contributed by atoms with E-state index in [-0.39, 0.29) is 5.92 Å². The summed E-state index contributed by atoms with van der Waals surface area (Å²) in [6.45, 7) is 3.60. The summed E-state index contributed by atoms with van der Waals surface area (Å²) < 4.78 is 4.67. The van der Waals surface area contributed by atoms with Crippen LogP contribution in [0, 0.1) is 11.8 Å². The van der Waals surface area contributed by atoms with E-state index in [1.54, 1.807) is 13.8 Å². The van der Waals surface area contributed by atoms with E-state index in [9.17, 15) is 14.7 Å². The van der Waals surface area contributed by atoms with E-state index in [0.29, 0.717) is 12.3 Å². The molecule has 1 saturated carbocycles. The minimum atomic E-state index is -1.30. The number of ether oxygens (including phenoxy) is 1. The lowest BCUT2D eigenvalue weighted by molar-refractivity contribution is -0.147. The van der Waals surface area contributed by atoms with E-state index in [1.807, 2.05) is 0 Å². The maximum absolute atomic E-state index is 12.1. The van der Waals surface area contributed by atoms with E-state index >= 15 is 0 Å². The van der Waals surface area contributed by atoms with Gasteiger partial charge in [-0.1, -0.05) is 46.0 Å². The Balaban J connectivity index is 2.52. The Morgan fingerprint density at radius 2 is 1.86 bits per heavy atom. The molecule has 3 atom stereocenters. The molecule has 0 aromatic carbocycles. The molecule has 0 aliphatic heterocycles. The lowest BCUT2D eigenvalue weighted by Gasteiger charge is -2.28. The highest BCUT2D eigenvalue weighted by Gasteiger charge is 2.31. The number of hydrogen-bond acceptors (Lipinski definition) is 5. The van der Waals surface area contributed by atoms with E-state index in [1.165, 1.54) is 26.4 Å². The minimum absolute atomic E-state index is 0.127. The van der Waals surface area contributed by atoms with E-state index < -0.39 is 30.1 Å². The first-order valence-corrected chi connectivity index (χ1v) is 8.18.